The zero-order chi connectivity index (χ0) is 15.6. The van der Waals surface area contributed by atoms with Gasteiger partial charge in [-0.2, -0.15) is 0 Å². The normalized spacial score (nSPS) is 14.6. The Bertz CT molecular complexity index is 272. The lowest BCUT2D eigenvalue weighted by atomic mass is 10.0. The molecular formula is C15H33N3O2. The molecule has 1 unspecified atom stereocenters. The molecule has 0 rings (SSSR count). The number of hydrogen-bond acceptors (Lipinski definition) is 5. The summed E-state index contributed by atoms with van der Waals surface area (Å²) in [6.45, 7) is 10.7. The summed E-state index contributed by atoms with van der Waals surface area (Å²) in [5.74, 6) is -0.183. The second-order valence-electron chi connectivity index (χ2n) is 5.78. The standard InChI is InChI=1S/C15H33N3O2/c1-7-10-16-15(3,14(19)20-6)13-18(8-2)12-9-11-17(4)5/h16H,7-13H2,1-6H3. The lowest BCUT2D eigenvalue weighted by Crippen LogP contribution is -2.57. The van der Waals surface area contributed by atoms with Crippen molar-refractivity contribution in [3.8, 4) is 0 Å². The third kappa shape index (κ3) is 7.22. The second-order valence-corrected chi connectivity index (χ2v) is 5.78. The highest BCUT2D eigenvalue weighted by molar-refractivity contribution is 5.80. The van der Waals surface area contributed by atoms with Crippen molar-refractivity contribution in [1.82, 2.24) is 15.1 Å². The summed E-state index contributed by atoms with van der Waals surface area (Å²) in [6, 6.07) is 0. The highest BCUT2D eigenvalue weighted by atomic mass is 16.5. The lowest BCUT2D eigenvalue weighted by molar-refractivity contribution is -0.148. The van der Waals surface area contributed by atoms with Crippen LogP contribution in [0.25, 0.3) is 0 Å². The maximum atomic E-state index is 12.1. The average molecular weight is 287 g/mol. The predicted octanol–water partition coefficient (Wildman–Crippen LogP) is 1.19. The summed E-state index contributed by atoms with van der Waals surface area (Å²) >= 11 is 0. The zero-order valence-corrected chi connectivity index (χ0v) is 14.2. The fourth-order valence-corrected chi connectivity index (χ4v) is 2.23. The quantitative estimate of drug-likeness (QED) is 0.578. The second kappa shape index (κ2) is 10.1. The molecule has 5 nitrogen and oxygen atoms in total. The fraction of sp³-hybridized carbons (Fsp3) is 0.933. The van der Waals surface area contributed by atoms with Crippen molar-refractivity contribution in [3.63, 3.8) is 0 Å². The van der Waals surface area contributed by atoms with Gasteiger partial charge in [-0.05, 0) is 60.0 Å². The molecule has 1 atom stereocenters. The lowest BCUT2D eigenvalue weighted by Gasteiger charge is -2.34. The van der Waals surface area contributed by atoms with Gasteiger partial charge in [-0.1, -0.05) is 13.8 Å². The number of nitrogens with zero attached hydrogens (tertiary/aromatic N) is 2. The van der Waals surface area contributed by atoms with Crippen molar-refractivity contribution in [2.45, 2.75) is 39.2 Å². The summed E-state index contributed by atoms with van der Waals surface area (Å²) in [6.07, 6.45) is 2.10. The van der Waals surface area contributed by atoms with Crippen LogP contribution in [0.4, 0.5) is 0 Å². The van der Waals surface area contributed by atoms with E-state index in [4.69, 9.17) is 4.74 Å². The smallest absolute Gasteiger partial charge is 0.327 e. The summed E-state index contributed by atoms with van der Waals surface area (Å²) < 4.78 is 4.96. The van der Waals surface area contributed by atoms with Crippen molar-refractivity contribution >= 4 is 5.97 Å². The van der Waals surface area contributed by atoms with Crippen LogP contribution in [0, 0.1) is 0 Å². The molecule has 1 N–H and O–H groups in total. The molecule has 0 aromatic rings. The third-order valence-electron chi connectivity index (χ3n) is 3.47. The van der Waals surface area contributed by atoms with Gasteiger partial charge in [0, 0.05) is 6.54 Å². The van der Waals surface area contributed by atoms with Crippen LogP contribution in [0.1, 0.15) is 33.6 Å². The van der Waals surface area contributed by atoms with Crippen LogP contribution in [0.15, 0.2) is 0 Å². The van der Waals surface area contributed by atoms with E-state index in [1.807, 2.05) is 6.92 Å². The number of nitrogens with one attached hydrogen (secondary N) is 1. The molecule has 0 aliphatic carbocycles. The van der Waals surface area contributed by atoms with E-state index in [1.54, 1.807) is 0 Å². The van der Waals surface area contributed by atoms with Crippen molar-refractivity contribution in [2.75, 3.05) is 53.9 Å². The molecule has 5 heteroatoms. The molecule has 0 heterocycles. The Hall–Kier alpha value is -0.650. The maximum absolute atomic E-state index is 12.1. The van der Waals surface area contributed by atoms with E-state index >= 15 is 0 Å². The van der Waals surface area contributed by atoms with Crippen LogP contribution < -0.4 is 5.32 Å². The first-order valence-corrected chi connectivity index (χ1v) is 7.60. The molecule has 0 amide bonds. The molecule has 0 aromatic carbocycles. The first-order valence-electron chi connectivity index (χ1n) is 7.60. The number of rotatable bonds is 11. The van der Waals surface area contributed by atoms with Gasteiger partial charge in [0.15, 0.2) is 0 Å². The van der Waals surface area contributed by atoms with Crippen LogP contribution in [0.2, 0.25) is 0 Å². The van der Waals surface area contributed by atoms with Crippen molar-refractivity contribution in [2.24, 2.45) is 0 Å². The molecule has 120 valence electrons. The first-order chi connectivity index (χ1) is 9.39. The van der Waals surface area contributed by atoms with Gasteiger partial charge in [0.1, 0.15) is 5.54 Å². The van der Waals surface area contributed by atoms with E-state index in [1.165, 1.54) is 7.11 Å². The number of ether oxygens (including phenoxy) is 1. The van der Waals surface area contributed by atoms with E-state index in [2.05, 4.69) is 43.1 Å². The Kier molecular flexibility index (Phi) is 9.80. The molecule has 0 radical (unpaired) electrons. The number of carbonyl (C=O) groups excluding carboxylic acids is 1. The summed E-state index contributed by atoms with van der Waals surface area (Å²) in [5.41, 5.74) is -0.626. The fourth-order valence-electron chi connectivity index (χ4n) is 2.23. The van der Waals surface area contributed by atoms with Gasteiger partial charge in [0.25, 0.3) is 0 Å². The molecule has 0 fully saturated rings. The Morgan fingerprint density at radius 3 is 2.35 bits per heavy atom. The van der Waals surface area contributed by atoms with E-state index in [0.29, 0.717) is 6.54 Å². The minimum atomic E-state index is -0.626. The minimum absolute atomic E-state index is 0.183. The Morgan fingerprint density at radius 1 is 1.25 bits per heavy atom. The van der Waals surface area contributed by atoms with Crippen LogP contribution in [0.5, 0.6) is 0 Å². The van der Waals surface area contributed by atoms with Gasteiger partial charge in [0.2, 0.25) is 0 Å². The number of hydrogen-bond donors (Lipinski definition) is 1. The topological polar surface area (TPSA) is 44.8 Å². The minimum Gasteiger partial charge on any atom is -0.468 e. The van der Waals surface area contributed by atoms with Gasteiger partial charge in [-0.3, -0.25) is 4.79 Å². The third-order valence-corrected chi connectivity index (χ3v) is 3.47. The summed E-state index contributed by atoms with van der Waals surface area (Å²) in [7, 11) is 5.62. The Labute approximate surface area is 124 Å². The Balaban J connectivity index is 4.53. The monoisotopic (exact) mass is 287 g/mol. The van der Waals surface area contributed by atoms with Gasteiger partial charge >= 0.3 is 5.97 Å². The predicted molar refractivity (Wildman–Crippen MR) is 84.0 cm³/mol. The van der Waals surface area contributed by atoms with Gasteiger partial charge in [0.05, 0.1) is 7.11 Å². The zero-order valence-electron chi connectivity index (χ0n) is 14.2. The van der Waals surface area contributed by atoms with Crippen LogP contribution in [-0.4, -0.2) is 75.2 Å². The summed E-state index contributed by atoms with van der Waals surface area (Å²) in [5, 5.41) is 3.33. The van der Waals surface area contributed by atoms with E-state index in [0.717, 1.165) is 39.0 Å². The molecule has 0 spiro atoms. The van der Waals surface area contributed by atoms with E-state index < -0.39 is 5.54 Å². The molecule has 0 aliphatic heterocycles. The first kappa shape index (κ1) is 19.4. The average Bonchev–Trinajstić information content (AvgIpc) is 2.42. The molecule has 0 bridgehead atoms. The number of methoxy groups -OCH3 is 1. The highest BCUT2D eigenvalue weighted by Gasteiger charge is 2.35. The number of carbonyl (C=O) groups is 1. The molecule has 0 saturated heterocycles. The van der Waals surface area contributed by atoms with Crippen LogP contribution in [-0.2, 0) is 9.53 Å². The van der Waals surface area contributed by atoms with Gasteiger partial charge in [-0.25, -0.2) is 0 Å². The van der Waals surface area contributed by atoms with Gasteiger partial charge < -0.3 is 19.9 Å². The SMILES string of the molecule is CCCNC(C)(CN(CC)CCCN(C)C)C(=O)OC. The van der Waals surface area contributed by atoms with Crippen molar-refractivity contribution in [3.05, 3.63) is 0 Å². The van der Waals surface area contributed by atoms with Crippen LogP contribution >= 0.6 is 0 Å². The maximum Gasteiger partial charge on any atom is 0.327 e. The number of esters is 1. The van der Waals surface area contributed by atoms with E-state index in [9.17, 15) is 4.79 Å². The van der Waals surface area contributed by atoms with Crippen LogP contribution in [0.3, 0.4) is 0 Å². The highest BCUT2D eigenvalue weighted by Crippen LogP contribution is 2.10. The van der Waals surface area contributed by atoms with Crippen molar-refractivity contribution in [1.29, 1.82) is 0 Å². The molecule has 20 heavy (non-hydrogen) atoms. The Morgan fingerprint density at radius 2 is 1.90 bits per heavy atom. The molecule has 0 saturated carbocycles. The largest absolute Gasteiger partial charge is 0.468 e. The van der Waals surface area contributed by atoms with Gasteiger partial charge in [-0.15, -0.1) is 0 Å². The molecule has 0 aromatic heterocycles. The number of likely N-dealkylation sites (N-methyl/N-ethyl adjacent to an activating group) is 1. The van der Waals surface area contributed by atoms with E-state index in [-0.39, 0.29) is 5.97 Å². The summed E-state index contributed by atoms with van der Waals surface area (Å²) in [4.78, 5) is 16.5. The molecule has 0 aliphatic rings. The molecular weight excluding hydrogens is 254 g/mol. The van der Waals surface area contributed by atoms with Crippen molar-refractivity contribution < 1.29 is 9.53 Å².